The predicted octanol–water partition coefficient (Wildman–Crippen LogP) is 3.95. The number of hydrogen-bond donors (Lipinski definition) is 2. The molecule has 3 N–H and O–H groups in total. The van der Waals surface area contributed by atoms with Crippen LogP contribution in [0.3, 0.4) is 0 Å². The molecule has 2 aromatic heterocycles. The number of aromatic nitrogens is 4. The Hall–Kier alpha value is -3.73. The Morgan fingerprint density at radius 2 is 1.34 bits per heavy atom. The highest BCUT2D eigenvalue weighted by atomic mass is 16.5. The number of fused-ring (bicyclic) bond motifs is 1. The molecule has 0 saturated carbocycles. The molecule has 3 aliphatic rings. The van der Waals surface area contributed by atoms with E-state index in [2.05, 4.69) is 29.8 Å². The van der Waals surface area contributed by atoms with Crippen LogP contribution in [0.4, 0.5) is 5.82 Å². The summed E-state index contributed by atoms with van der Waals surface area (Å²) >= 11 is 0. The van der Waals surface area contributed by atoms with Gasteiger partial charge in [-0.25, -0.2) is 14.6 Å². The molecule has 0 unspecified atom stereocenters. The van der Waals surface area contributed by atoms with Gasteiger partial charge in [-0.1, -0.05) is 0 Å². The van der Waals surface area contributed by atoms with Gasteiger partial charge >= 0.3 is 0 Å². The number of nitrogens with zero attached hydrogens (tertiary/aromatic N) is 6. The van der Waals surface area contributed by atoms with Crippen LogP contribution in [0.15, 0.2) is 54.9 Å². The predicted molar refractivity (Wildman–Crippen MR) is 159 cm³/mol. The molecule has 4 aromatic rings. The molecule has 41 heavy (non-hydrogen) atoms. The van der Waals surface area contributed by atoms with Crippen molar-refractivity contribution in [2.75, 3.05) is 52.1 Å². The number of piperidine rings is 2. The normalized spacial score (nSPS) is 19.8. The average molecular weight is 555 g/mol. The minimum absolute atomic E-state index is 0.288. The fourth-order valence-corrected chi connectivity index (χ4v) is 6.56. The first-order chi connectivity index (χ1) is 20.2. The highest BCUT2D eigenvalue weighted by Crippen LogP contribution is 2.36. The number of ether oxygens (including phenoxy) is 2. The number of methoxy groups -OCH3 is 1. The lowest BCUT2D eigenvalue weighted by Crippen LogP contribution is -2.60. The maximum absolute atomic E-state index is 6.40. The number of hydrogen-bond acceptors (Lipinski definition) is 9. The standard InChI is InChI=1S/C31H38N8O2/c1-40-25-6-8-27(9-7-25)41-26-4-2-21(3-5-26)29-28-30(32)34-20-35-31(28)39(36-29)23-12-16-37(17-13-23)22-10-14-38(15-11-22)24-18-33-19-24/h2-9,20,22-24,33H,10-19H2,1H3,(H2,32,34,35). The quantitative estimate of drug-likeness (QED) is 0.351. The van der Waals surface area contributed by atoms with Gasteiger partial charge < -0.3 is 25.4 Å². The molecule has 2 aromatic carbocycles. The van der Waals surface area contributed by atoms with E-state index >= 15 is 0 Å². The fourth-order valence-electron chi connectivity index (χ4n) is 6.56. The van der Waals surface area contributed by atoms with Crippen molar-refractivity contribution in [3.05, 3.63) is 54.9 Å². The third kappa shape index (κ3) is 5.23. The van der Waals surface area contributed by atoms with Crippen molar-refractivity contribution >= 4 is 16.9 Å². The zero-order valence-corrected chi connectivity index (χ0v) is 23.6. The van der Waals surface area contributed by atoms with Crippen LogP contribution in [0.1, 0.15) is 31.7 Å². The largest absolute Gasteiger partial charge is 0.497 e. The number of nitrogen functional groups attached to an aromatic ring is 1. The SMILES string of the molecule is COc1ccc(Oc2ccc(-c3nn(C4CCN(C5CCN(C6CNC6)CC5)CC4)c4ncnc(N)c34)cc2)cc1. The zero-order valence-electron chi connectivity index (χ0n) is 23.6. The van der Waals surface area contributed by atoms with Crippen molar-refractivity contribution in [1.29, 1.82) is 0 Å². The van der Waals surface area contributed by atoms with Gasteiger partial charge in [0.05, 0.1) is 18.5 Å². The first-order valence-corrected chi connectivity index (χ1v) is 14.8. The first-order valence-electron chi connectivity index (χ1n) is 14.8. The van der Waals surface area contributed by atoms with Gasteiger partial charge in [0, 0.05) is 56.9 Å². The van der Waals surface area contributed by atoms with E-state index in [1.807, 2.05) is 48.5 Å². The number of rotatable bonds is 7. The molecule has 7 rings (SSSR count). The summed E-state index contributed by atoms with van der Waals surface area (Å²) in [4.78, 5) is 14.3. The van der Waals surface area contributed by atoms with Crippen molar-refractivity contribution in [3.8, 4) is 28.5 Å². The minimum atomic E-state index is 0.288. The summed E-state index contributed by atoms with van der Waals surface area (Å²) in [5.41, 5.74) is 8.99. The second-order valence-electron chi connectivity index (χ2n) is 11.4. The van der Waals surface area contributed by atoms with Gasteiger partial charge in [-0.2, -0.15) is 5.10 Å². The first kappa shape index (κ1) is 26.2. The van der Waals surface area contributed by atoms with E-state index in [1.54, 1.807) is 13.4 Å². The van der Waals surface area contributed by atoms with E-state index in [4.69, 9.17) is 20.3 Å². The molecule has 0 atom stereocenters. The Morgan fingerprint density at radius 1 is 0.756 bits per heavy atom. The van der Waals surface area contributed by atoms with Crippen LogP contribution in [0.5, 0.6) is 17.2 Å². The van der Waals surface area contributed by atoms with Crippen LogP contribution < -0.4 is 20.5 Å². The van der Waals surface area contributed by atoms with Crippen molar-refractivity contribution in [2.24, 2.45) is 0 Å². The Morgan fingerprint density at radius 3 is 1.95 bits per heavy atom. The van der Waals surface area contributed by atoms with Gasteiger partial charge in [-0.05, 0) is 74.2 Å². The summed E-state index contributed by atoms with van der Waals surface area (Å²) in [5, 5.41) is 9.33. The molecular formula is C31H38N8O2. The van der Waals surface area contributed by atoms with Crippen LogP contribution in [0.2, 0.25) is 0 Å². The zero-order chi connectivity index (χ0) is 27.8. The number of benzene rings is 2. The van der Waals surface area contributed by atoms with E-state index in [-0.39, 0.29) is 6.04 Å². The fraction of sp³-hybridized carbons (Fsp3) is 0.452. The third-order valence-electron chi connectivity index (χ3n) is 9.08. The van der Waals surface area contributed by atoms with Gasteiger partial charge in [0.1, 0.15) is 35.1 Å². The average Bonchev–Trinajstić information content (AvgIpc) is 3.39. The molecule has 0 bridgehead atoms. The Labute approximate surface area is 240 Å². The minimum Gasteiger partial charge on any atom is -0.497 e. The lowest BCUT2D eigenvalue weighted by atomic mass is 9.96. The van der Waals surface area contributed by atoms with Crippen LogP contribution in [-0.4, -0.2) is 88.0 Å². The van der Waals surface area contributed by atoms with Gasteiger partial charge in [-0.3, -0.25) is 4.90 Å². The van der Waals surface area contributed by atoms with E-state index in [9.17, 15) is 0 Å². The van der Waals surface area contributed by atoms with Crippen molar-refractivity contribution in [1.82, 2.24) is 34.9 Å². The molecule has 10 nitrogen and oxygen atoms in total. The van der Waals surface area contributed by atoms with Gasteiger partial charge in [-0.15, -0.1) is 0 Å². The number of likely N-dealkylation sites (tertiary alicyclic amines) is 2. The van der Waals surface area contributed by atoms with Crippen LogP contribution in [0, 0.1) is 0 Å². The molecule has 0 amide bonds. The summed E-state index contributed by atoms with van der Waals surface area (Å²) in [5.74, 6) is 2.75. The van der Waals surface area contributed by atoms with E-state index in [0.29, 0.717) is 11.9 Å². The summed E-state index contributed by atoms with van der Waals surface area (Å²) in [6.45, 7) is 6.95. The summed E-state index contributed by atoms with van der Waals surface area (Å²) < 4.78 is 13.4. The van der Waals surface area contributed by atoms with Crippen molar-refractivity contribution in [3.63, 3.8) is 0 Å². The summed E-state index contributed by atoms with van der Waals surface area (Å²) in [7, 11) is 1.65. The van der Waals surface area contributed by atoms with E-state index in [1.165, 1.54) is 25.9 Å². The summed E-state index contributed by atoms with van der Waals surface area (Å²) in [6, 6.07) is 17.2. The summed E-state index contributed by atoms with van der Waals surface area (Å²) in [6.07, 6.45) is 6.21. The molecule has 3 fully saturated rings. The van der Waals surface area contributed by atoms with Crippen LogP contribution >= 0.6 is 0 Å². The van der Waals surface area contributed by atoms with Crippen LogP contribution in [0.25, 0.3) is 22.3 Å². The van der Waals surface area contributed by atoms with Crippen molar-refractivity contribution < 1.29 is 9.47 Å². The molecule has 3 saturated heterocycles. The molecule has 3 aliphatic heterocycles. The third-order valence-corrected chi connectivity index (χ3v) is 9.08. The number of anilines is 1. The molecule has 5 heterocycles. The second kappa shape index (κ2) is 11.3. The Balaban J connectivity index is 1.06. The topological polar surface area (TPSA) is 107 Å². The van der Waals surface area contributed by atoms with Gasteiger partial charge in [0.25, 0.3) is 0 Å². The highest BCUT2D eigenvalue weighted by molar-refractivity contribution is 5.98. The van der Waals surface area contributed by atoms with E-state index in [0.717, 1.165) is 84.6 Å². The lowest BCUT2D eigenvalue weighted by molar-refractivity contribution is 0.0495. The highest BCUT2D eigenvalue weighted by Gasteiger charge is 2.33. The van der Waals surface area contributed by atoms with Gasteiger partial charge in [0.15, 0.2) is 5.65 Å². The van der Waals surface area contributed by atoms with Crippen molar-refractivity contribution in [2.45, 2.75) is 43.8 Å². The van der Waals surface area contributed by atoms with Crippen LogP contribution in [-0.2, 0) is 0 Å². The maximum atomic E-state index is 6.40. The Kier molecular flexibility index (Phi) is 7.20. The monoisotopic (exact) mass is 554 g/mol. The molecule has 214 valence electrons. The smallest absolute Gasteiger partial charge is 0.164 e. The molecule has 0 radical (unpaired) electrons. The molecular weight excluding hydrogens is 516 g/mol. The maximum Gasteiger partial charge on any atom is 0.164 e. The number of nitrogens with one attached hydrogen (secondary N) is 1. The number of nitrogens with two attached hydrogens (primary N) is 1. The molecule has 0 spiro atoms. The Bertz CT molecular complexity index is 1470. The van der Waals surface area contributed by atoms with Gasteiger partial charge in [0.2, 0.25) is 0 Å². The lowest BCUT2D eigenvalue weighted by Gasteiger charge is -2.45. The molecule has 0 aliphatic carbocycles. The second-order valence-corrected chi connectivity index (χ2v) is 11.4. The van der Waals surface area contributed by atoms with E-state index < -0.39 is 0 Å². The molecule has 10 heteroatoms.